The summed E-state index contributed by atoms with van der Waals surface area (Å²) in [6.45, 7) is -0.199. The van der Waals surface area contributed by atoms with Crippen LogP contribution < -0.4 is 0 Å². The zero-order valence-electron chi connectivity index (χ0n) is 16.5. The Labute approximate surface area is 193 Å². The molecular formula is C14H7F21OS. The SMILES string of the molecule is FC(F)(F)C(F)(F)C(F)(F)C(F)(F)C(F)(F)C(F)(F)C(F)(F)C(F)(F)C(F)(F)C(F)(F)SCC1CCO1. The van der Waals surface area contributed by atoms with E-state index in [0.29, 0.717) is 0 Å². The van der Waals surface area contributed by atoms with E-state index >= 15 is 0 Å². The summed E-state index contributed by atoms with van der Waals surface area (Å²) in [5.74, 6) is -71.4. The summed E-state index contributed by atoms with van der Waals surface area (Å²) < 4.78 is 281. The molecule has 0 aromatic carbocycles. The predicted molar refractivity (Wildman–Crippen MR) is 77.4 cm³/mol. The van der Waals surface area contributed by atoms with Crippen LogP contribution in [0.1, 0.15) is 6.42 Å². The Morgan fingerprint density at radius 2 is 0.730 bits per heavy atom. The van der Waals surface area contributed by atoms with Crippen molar-refractivity contribution in [3.63, 3.8) is 0 Å². The van der Waals surface area contributed by atoms with Gasteiger partial charge < -0.3 is 4.74 Å². The van der Waals surface area contributed by atoms with E-state index in [2.05, 4.69) is 4.74 Å². The Bertz CT molecular complexity index is 826. The molecule has 37 heavy (non-hydrogen) atoms. The molecule has 0 saturated carbocycles. The Kier molecular flexibility index (Phi) is 8.17. The van der Waals surface area contributed by atoms with Crippen LogP contribution in [0.15, 0.2) is 0 Å². The number of hydrogen-bond donors (Lipinski definition) is 0. The van der Waals surface area contributed by atoms with Crippen LogP contribution in [-0.4, -0.2) is 77.3 Å². The normalized spacial score (nSPS) is 20.2. The summed E-state index contributed by atoms with van der Waals surface area (Å²) in [6, 6.07) is 0. The fourth-order valence-electron chi connectivity index (χ4n) is 2.25. The maximum Gasteiger partial charge on any atom is 0.460 e. The highest BCUT2D eigenvalue weighted by Gasteiger charge is 2.97. The summed E-state index contributed by atoms with van der Waals surface area (Å²) in [6.07, 6.45) is -9.62. The van der Waals surface area contributed by atoms with E-state index in [1.54, 1.807) is 0 Å². The van der Waals surface area contributed by atoms with Gasteiger partial charge >= 0.3 is 58.8 Å². The zero-order chi connectivity index (χ0) is 30.1. The number of thioether (sulfide) groups is 1. The van der Waals surface area contributed by atoms with Crippen molar-refractivity contribution in [3.8, 4) is 0 Å². The highest BCUT2D eigenvalue weighted by atomic mass is 32.2. The molecule has 0 aromatic rings. The highest BCUT2D eigenvalue weighted by molar-refractivity contribution is 8.00. The van der Waals surface area contributed by atoms with Crippen molar-refractivity contribution in [3.05, 3.63) is 0 Å². The van der Waals surface area contributed by atoms with Crippen LogP contribution in [0.4, 0.5) is 92.2 Å². The highest BCUT2D eigenvalue weighted by Crippen LogP contribution is 2.66. The minimum atomic E-state index is -9.15. The lowest BCUT2D eigenvalue weighted by Gasteiger charge is -2.44. The molecule has 0 N–H and O–H groups in total. The van der Waals surface area contributed by atoms with Gasteiger partial charge in [0.15, 0.2) is 0 Å². The lowest BCUT2D eigenvalue weighted by atomic mass is 9.87. The van der Waals surface area contributed by atoms with Crippen molar-refractivity contribution in [2.75, 3.05) is 12.4 Å². The van der Waals surface area contributed by atoms with Crippen molar-refractivity contribution in [2.24, 2.45) is 0 Å². The molecule has 1 aliphatic rings. The van der Waals surface area contributed by atoms with Gasteiger partial charge in [-0.25, -0.2) is 0 Å². The molecule has 0 amide bonds. The van der Waals surface area contributed by atoms with Crippen LogP contribution in [0.2, 0.25) is 0 Å². The van der Waals surface area contributed by atoms with Gasteiger partial charge in [0, 0.05) is 12.4 Å². The number of rotatable bonds is 11. The van der Waals surface area contributed by atoms with Gasteiger partial charge in [-0.05, 0) is 6.42 Å². The van der Waals surface area contributed by atoms with Gasteiger partial charge in [-0.3, -0.25) is 0 Å². The van der Waals surface area contributed by atoms with Crippen molar-refractivity contribution in [1.29, 1.82) is 0 Å². The second kappa shape index (κ2) is 8.93. The van der Waals surface area contributed by atoms with Gasteiger partial charge in [0.2, 0.25) is 0 Å². The Balaban J connectivity index is 3.60. The van der Waals surface area contributed by atoms with Crippen LogP contribution in [-0.2, 0) is 4.74 Å². The zero-order valence-corrected chi connectivity index (χ0v) is 17.3. The minimum Gasteiger partial charge on any atom is -0.377 e. The molecule has 1 nitrogen and oxygen atoms in total. The monoisotopic (exact) mass is 622 g/mol. The smallest absolute Gasteiger partial charge is 0.377 e. The molecule has 0 aromatic heterocycles. The minimum absolute atomic E-state index is 0.199. The summed E-state index contributed by atoms with van der Waals surface area (Å²) >= 11 is -1.70. The first-order valence-electron chi connectivity index (χ1n) is 8.55. The first-order valence-corrected chi connectivity index (χ1v) is 9.54. The third kappa shape index (κ3) is 4.45. The van der Waals surface area contributed by atoms with Crippen LogP contribution in [0, 0.1) is 0 Å². The van der Waals surface area contributed by atoms with Crippen LogP contribution in [0.25, 0.3) is 0 Å². The maximum atomic E-state index is 13.6. The summed E-state index contributed by atoms with van der Waals surface area (Å²) in [5.41, 5.74) is 0. The summed E-state index contributed by atoms with van der Waals surface area (Å²) in [4.78, 5) is 0. The maximum absolute atomic E-state index is 13.6. The van der Waals surface area contributed by atoms with Crippen molar-refractivity contribution >= 4 is 11.8 Å². The lowest BCUT2D eigenvalue weighted by molar-refractivity contribution is -0.472. The van der Waals surface area contributed by atoms with Gasteiger partial charge in [-0.1, -0.05) is 11.8 Å². The van der Waals surface area contributed by atoms with Gasteiger partial charge in [0.1, 0.15) is 0 Å². The first kappa shape index (κ1) is 33.9. The molecule has 1 aliphatic heterocycles. The van der Waals surface area contributed by atoms with E-state index in [1.807, 2.05) is 0 Å². The topological polar surface area (TPSA) is 9.23 Å². The Hall–Kier alpha value is -1.16. The van der Waals surface area contributed by atoms with Gasteiger partial charge in [0.05, 0.1) is 6.10 Å². The predicted octanol–water partition coefficient (Wildman–Crippen LogP) is 7.75. The van der Waals surface area contributed by atoms with Gasteiger partial charge in [0.25, 0.3) is 0 Å². The molecule has 1 fully saturated rings. The van der Waals surface area contributed by atoms with E-state index in [4.69, 9.17) is 0 Å². The molecule has 0 spiro atoms. The Morgan fingerprint density at radius 1 is 0.459 bits per heavy atom. The van der Waals surface area contributed by atoms with E-state index in [9.17, 15) is 92.2 Å². The van der Waals surface area contributed by atoms with Crippen LogP contribution >= 0.6 is 11.8 Å². The molecule has 1 heterocycles. The van der Waals surface area contributed by atoms with Gasteiger partial charge in [-0.2, -0.15) is 92.2 Å². The third-order valence-electron chi connectivity index (χ3n) is 4.73. The molecule has 1 rings (SSSR count). The largest absolute Gasteiger partial charge is 0.460 e. The molecule has 0 radical (unpaired) electrons. The number of halogens is 21. The Morgan fingerprint density at radius 3 is 0.973 bits per heavy atom. The van der Waals surface area contributed by atoms with Crippen molar-refractivity contribution in [2.45, 2.75) is 71.3 Å². The van der Waals surface area contributed by atoms with Crippen molar-refractivity contribution in [1.82, 2.24) is 0 Å². The quantitative estimate of drug-likeness (QED) is 0.218. The molecule has 23 heteroatoms. The van der Waals surface area contributed by atoms with Crippen LogP contribution in [0.3, 0.4) is 0 Å². The fraction of sp³-hybridized carbons (Fsp3) is 1.00. The average Bonchev–Trinajstić information content (AvgIpc) is 2.64. The third-order valence-corrected chi connectivity index (χ3v) is 5.88. The molecule has 1 saturated heterocycles. The molecule has 1 unspecified atom stereocenters. The second-order valence-corrected chi connectivity index (χ2v) is 8.34. The van der Waals surface area contributed by atoms with E-state index < -0.39 is 82.4 Å². The standard InChI is InChI=1S/C14H7F21OS/c15-5(16,7(19,20)9(23,24)11(27,28)13(31,32)33)6(17,18)8(21,22)10(25,26)12(29,30)14(34,35)37-3-4-1-2-36-4/h4H,1-3H2. The molecule has 0 aliphatic carbocycles. The van der Waals surface area contributed by atoms with E-state index in [-0.39, 0.29) is 13.0 Å². The molecular weight excluding hydrogens is 615 g/mol. The molecule has 0 bridgehead atoms. The average molecular weight is 622 g/mol. The summed E-state index contributed by atoms with van der Waals surface area (Å²) in [7, 11) is 0. The number of ether oxygens (including phenoxy) is 1. The van der Waals surface area contributed by atoms with E-state index in [1.165, 1.54) is 0 Å². The summed E-state index contributed by atoms with van der Waals surface area (Å²) in [5, 5.41) is -6.62. The molecule has 1 atom stereocenters. The fourth-order valence-corrected chi connectivity index (χ4v) is 3.22. The van der Waals surface area contributed by atoms with Gasteiger partial charge in [-0.15, -0.1) is 0 Å². The van der Waals surface area contributed by atoms with Crippen LogP contribution in [0.5, 0.6) is 0 Å². The number of hydrogen-bond acceptors (Lipinski definition) is 2. The van der Waals surface area contributed by atoms with Crippen molar-refractivity contribution < 1.29 is 96.9 Å². The number of alkyl halides is 21. The lowest BCUT2D eigenvalue weighted by Crippen LogP contribution is -2.76. The molecule has 222 valence electrons. The second-order valence-electron chi connectivity index (χ2n) is 7.20. The van der Waals surface area contributed by atoms with E-state index in [0.717, 1.165) is 0 Å². The first-order chi connectivity index (χ1) is 15.8.